The summed E-state index contributed by atoms with van der Waals surface area (Å²) in [6.45, 7) is 10.00. The van der Waals surface area contributed by atoms with E-state index in [4.69, 9.17) is 0 Å². The van der Waals surface area contributed by atoms with Crippen LogP contribution in [-0.4, -0.2) is 23.8 Å². The zero-order valence-electron chi connectivity index (χ0n) is 10.3. The van der Waals surface area contributed by atoms with Gasteiger partial charge in [-0.1, -0.05) is 33.6 Å². The van der Waals surface area contributed by atoms with E-state index in [1.54, 1.807) is 0 Å². The van der Waals surface area contributed by atoms with Crippen molar-refractivity contribution in [1.82, 2.24) is 5.32 Å². The van der Waals surface area contributed by atoms with E-state index in [0.29, 0.717) is 5.92 Å². The van der Waals surface area contributed by atoms with E-state index in [1.807, 2.05) is 0 Å². The molecule has 0 fully saturated rings. The summed E-state index contributed by atoms with van der Waals surface area (Å²) in [5.74, 6) is 0.711. The summed E-state index contributed by atoms with van der Waals surface area (Å²) < 4.78 is 0. The number of nitrogens with one attached hydrogen (secondary N) is 1. The minimum absolute atomic E-state index is 0.0727. The van der Waals surface area contributed by atoms with Crippen LogP contribution in [0.5, 0.6) is 0 Å². The third-order valence-electron chi connectivity index (χ3n) is 2.81. The van der Waals surface area contributed by atoms with Crippen molar-refractivity contribution >= 4 is 0 Å². The van der Waals surface area contributed by atoms with Gasteiger partial charge in [0.05, 0.1) is 6.61 Å². The van der Waals surface area contributed by atoms with Crippen molar-refractivity contribution in [3.63, 3.8) is 0 Å². The van der Waals surface area contributed by atoms with Crippen LogP contribution >= 0.6 is 0 Å². The maximum atomic E-state index is 9.30. The molecule has 0 heterocycles. The maximum Gasteiger partial charge on any atom is 0.0610 e. The molecule has 0 saturated heterocycles. The van der Waals surface area contributed by atoms with Crippen molar-refractivity contribution in [3.05, 3.63) is 0 Å². The minimum Gasteiger partial charge on any atom is -0.394 e. The van der Waals surface area contributed by atoms with Crippen LogP contribution in [0.25, 0.3) is 0 Å². The van der Waals surface area contributed by atoms with Crippen LogP contribution in [0, 0.1) is 5.92 Å². The zero-order valence-corrected chi connectivity index (χ0v) is 10.3. The Kier molecular flexibility index (Phi) is 7.20. The lowest BCUT2D eigenvalue weighted by atomic mass is 9.95. The molecule has 2 atom stereocenters. The topological polar surface area (TPSA) is 32.3 Å². The van der Waals surface area contributed by atoms with Gasteiger partial charge in [0.1, 0.15) is 0 Å². The normalized spacial score (nSPS) is 17.8. The van der Waals surface area contributed by atoms with E-state index in [1.165, 1.54) is 12.8 Å². The summed E-state index contributed by atoms with van der Waals surface area (Å²) >= 11 is 0. The highest BCUT2D eigenvalue weighted by Crippen LogP contribution is 2.13. The molecule has 2 heteroatoms. The number of hydrogen-bond acceptors (Lipinski definition) is 2. The summed E-state index contributed by atoms with van der Waals surface area (Å²) in [4.78, 5) is 0. The standard InChI is InChI=1S/C12H27NO/c1-5-7-11(3)9-13-12(4,10-14)8-6-2/h11,13-14H,5-10H2,1-4H3. The predicted molar refractivity (Wildman–Crippen MR) is 62.5 cm³/mol. The van der Waals surface area contributed by atoms with Crippen molar-refractivity contribution in [3.8, 4) is 0 Å². The van der Waals surface area contributed by atoms with Gasteiger partial charge in [0.25, 0.3) is 0 Å². The molecule has 0 rings (SSSR count). The van der Waals surface area contributed by atoms with Crippen LogP contribution in [0.2, 0.25) is 0 Å². The van der Waals surface area contributed by atoms with Gasteiger partial charge in [-0.25, -0.2) is 0 Å². The Balaban J connectivity index is 3.81. The van der Waals surface area contributed by atoms with Crippen molar-refractivity contribution in [2.45, 2.75) is 58.9 Å². The third kappa shape index (κ3) is 5.61. The first-order chi connectivity index (χ1) is 6.58. The molecule has 14 heavy (non-hydrogen) atoms. The number of rotatable bonds is 8. The molecular formula is C12H27NO. The van der Waals surface area contributed by atoms with Crippen LogP contribution in [0.1, 0.15) is 53.4 Å². The van der Waals surface area contributed by atoms with E-state index in [0.717, 1.165) is 19.4 Å². The Morgan fingerprint density at radius 3 is 2.36 bits per heavy atom. The molecule has 0 aliphatic heterocycles. The van der Waals surface area contributed by atoms with Crippen LogP contribution in [0.4, 0.5) is 0 Å². The fraction of sp³-hybridized carbons (Fsp3) is 1.00. The number of hydrogen-bond donors (Lipinski definition) is 2. The van der Waals surface area contributed by atoms with E-state index >= 15 is 0 Å². The van der Waals surface area contributed by atoms with Gasteiger partial charge in [-0.05, 0) is 32.2 Å². The smallest absolute Gasteiger partial charge is 0.0610 e. The first-order valence-electron chi connectivity index (χ1n) is 5.93. The lowest BCUT2D eigenvalue weighted by Crippen LogP contribution is -2.47. The molecule has 0 bridgehead atoms. The third-order valence-corrected chi connectivity index (χ3v) is 2.81. The Hall–Kier alpha value is -0.0800. The molecule has 0 aromatic heterocycles. The van der Waals surface area contributed by atoms with E-state index in [-0.39, 0.29) is 12.1 Å². The van der Waals surface area contributed by atoms with E-state index in [9.17, 15) is 5.11 Å². The second-order valence-electron chi connectivity index (χ2n) is 4.74. The SMILES string of the molecule is CCCC(C)CNC(C)(CO)CCC. The van der Waals surface area contributed by atoms with Crippen LogP contribution in [0.15, 0.2) is 0 Å². The highest BCUT2D eigenvalue weighted by atomic mass is 16.3. The number of aliphatic hydroxyl groups excluding tert-OH is 1. The first kappa shape index (κ1) is 13.9. The Labute approximate surface area is 89.1 Å². The molecule has 0 aliphatic rings. The molecule has 86 valence electrons. The summed E-state index contributed by atoms with van der Waals surface area (Å²) in [5, 5.41) is 12.8. The highest BCUT2D eigenvalue weighted by molar-refractivity contribution is 4.82. The van der Waals surface area contributed by atoms with Gasteiger partial charge < -0.3 is 10.4 Å². The molecule has 0 amide bonds. The average molecular weight is 201 g/mol. The fourth-order valence-corrected chi connectivity index (χ4v) is 1.79. The average Bonchev–Trinajstić information content (AvgIpc) is 2.16. The molecule has 0 radical (unpaired) electrons. The fourth-order valence-electron chi connectivity index (χ4n) is 1.79. The highest BCUT2D eigenvalue weighted by Gasteiger charge is 2.21. The summed E-state index contributed by atoms with van der Waals surface area (Å²) in [6, 6.07) is 0. The Bertz CT molecular complexity index is 138. The lowest BCUT2D eigenvalue weighted by molar-refractivity contribution is 0.159. The first-order valence-corrected chi connectivity index (χ1v) is 5.93. The monoisotopic (exact) mass is 201 g/mol. The number of aliphatic hydroxyl groups is 1. The Morgan fingerprint density at radius 2 is 1.93 bits per heavy atom. The molecule has 0 aliphatic carbocycles. The van der Waals surface area contributed by atoms with Gasteiger partial charge in [-0.2, -0.15) is 0 Å². The Morgan fingerprint density at radius 1 is 1.29 bits per heavy atom. The molecule has 2 nitrogen and oxygen atoms in total. The molecule has 0 aromatic rings. The van der Waals surface area contributed by atoms with Crippen molar-refractivity contribution in [1.29, 1.82) is 0 Å². The van der Waals surface area contributed by atoms with Gasteiger partial charge in [0.15, 0.2) is 0 Å². The second-order valence-corrected chi connectivity index (χ2v) is 4.74. The zero-order chi connectivity index (χ0) is 11.0. The largest absolute Gasteiger partial charge is 0.394 e. The summed E-state index contributed by atoms with van der Waals surface area (Å²) in [7, 11) is 0. The quantitative estimate of drug-likeness (QED) is 0.632. The molecule has 0 saturated carbocycles. The second kappa shape index (κ2) is 7.24. The van der Waals surface area contributed by atoms with Crippen LogP contribution in [-0.2, 0) is 0 Å². The van der Waals surface area contributed by atoms with Gasteiger partial charge in [-0.15, -0.1) is 0 Å². The van der Waals surface area contributed by atoms with Gasteiger partial charge >= 0.3 is 0 Å². The minimum atomic E-state index is -0.0727. The van der Waals surface area contributed by atoms with Gasteiger partial charge in [-0.3, -0.25) is 0 Å². The van der Waals surface area contributed by atoms with Crippen LogP contribution in [0.3, 0.4) is 0 Å². The maximum absolute atomic E-state index is 9.30. The summed E-state index contributed by atoms with van der Waals surface area (Å²) in [5.41, 5.74) is -0.0727. The van der Waals surface area contributed by atoms with Gasteiger partial charge in [0.2, 0.25) is 0 Å². The van der Waals surface area contributed by atoms with Gasteiger partial charge in [0, 0.05) is 5.54 Å². The molecule has 0 spiro atoms. The predicted octanol–water partition coefficient (Wildman–Crippen LogP) is 2.56. The molecule has 2 unspecified atom stereocenters. The lowest BCUT2D eigenvalue weighted by Gasteiger charge is -2.30. The molecule has 0 aromatic carbocycles. The van der Waals surface area contributed by atoms with E-state index in [2.05, 4.69) is 33.0 Å². The van der Waals surface area contributed by atoms with Crippen LogP contribution < -0.4 is 5.32 Å². The molecule has 2 N–H and O–H groups in total. The molecular weight excluding hydrogens is 174 g/mol. The van der Waals surface area contributed by atoms with Crippen molar-refractivity contribution in [2.24, 2.45) is 5.92 Å². The summed E-state index contributed by atoms with van der Waals surface area (Å²) in [6.07, 6.45) is 4.67. The van der Waals surface area contributed by atoms with Crippen molar-refractivity contribution in [2.75, 3.05) is 13.2 Å². The van der Waals surface area contributed by atoms with E-state index < -0.39 is 0 Å². The van der Waals surface area contributed by atoms with Crippen molar-refractivity contribution < 1.29 is 5.11 Å².